The van der Waals surface area contributed by atoms with E-state index in [-0.39, 0.29) is 23.4 Å². The van der Waals surface area contributed by atoms with Gasteiger partial charge in [-0.15, -0.1) is 0 Å². The highest BCUT2D eigenvalue weighted by Crippen LogP contribution is 2.43. The molecular weight excluding hydrogens is 452 g/mol. The number of hydrogen-bond donors (Lipinski definition) is 2. The number of carbonyl (C=O) groups is 1. The van der Waals surface area contributed by atoms with E-state index < -0.39 is 0 Å². The summed E-state index contributed by atoms with van der Waals surface area (Å²) in [4.78, 5) is 35.6. The standard InChI is InChI=1S/C29H34N4O3/c1-18-13-19(2)32-28(35)23(18)6-7-25(34)21-14-22-16-29(3,4)36-27(22)24(15-21)20-5-8-26(31-17-20)33-11-9-30-10-12-33/h5,8,13-15,17,30H,6-7,9-12,16H2,1-4H3,(H,32,35). The maximum atomic E-state index is 13.3. The zero-order valence-corrected chi connectivity index (χ0v) is 21.5. The Morgan fingerprint density at radius 3 is 2.61 bits per heavy atom. The molecule has 1 fully saturated rings. The second-order valence-electron chi connectivity index (χ2n) is 10.6. The van der Waals surface area contributed by atoms with Crippen molar-refractivity contribution in [3.8, 4) is 16.9 Å². The number of rotatable bonds is 6. The third kappa shape index (κ3) is 4.93. The second kappa shape index (κ2) is 9.54. The minimum atomic E-state index is -0.334. The van der Waals surface area contributed by atoms with E-state index in [1.807, 2.05) is 44.3 Å². The summed E-state index contributed by atoms with van der Waals surface area (Å²) in [7, 11) is 0. The van der Waals surface area contributed by atoms with E-state index in [2.05, 4.69) is 35.1 Å². The van der Waals surface area contributed by atoms with Gasteiger partial charge in [-0.25, -0.2) is 4.98 Å². The van der Waals surface area contributed by atoms with Crippen molar-refractivity contribution in [2.75, 3.05) is 31.1 Å². The summed E-state index contributed by atoms with van der Waals surface area (Å²) in [6.07, 6.45) is 3.30. The van der Waals surface area contributed by atoms with Gasteiger partial charge in [0, 0.05) is 73.2 Å². The van der Waals surface area contributed by atoms with E-state index in [4.69, 9.17) is 9.72 Å². The number of Topliss-reactive ketones (excluding diaryl/α,β-unsaturated/α-hetero) is 1. The van der Waals surface area contributed by atoms with Crippen LogP contribution in [0.5, 0.6) is 5.75 Å². The fourth-order valence-corrected chi connectivity index (χ4v) is 5.29. The van der Waals surface area contributed by atoms with Crippen LogP contribution in [-0.2, 0) is 12.8 Å². The summed E-state index contributed by atoms with van der Waals surface area (Å²) in [6, 6.07) is 9.96. The second-order valence-corrected chi connectivity index (χ2v) is 10.6. The molecule has 0 unspecified atom stereocenters. The lowest BCUT2D eigenvalue weighted by atomic mass is 9.93. The van der Waals surface area contributed by atoms with Gasteiger partial charge >= 0.3 is 0 Å². The third-order valence-electron chi connectivity index (χ3n) is 7.08. The molecule has 1 aromatic carbocycles. The molecular formula is C29H34N4O3. The van der Waals surface area contributed by atoms with Gasteiger partial charge in [-0.05, 0) is 75.6 Å². The predicted octanol–water partition coefficient (Wildman–Crippen LogP) is 3.99. The van der Waals surface area contributed by atoms with Crippen molar-refractivity contribution in [1.29, 1.82) is 0 Å². The van der Waals surface area contributed by atoms with Gasteiger partial charge in [-0.2, -0.15) is 0 Å². The van der Waals surface area contributed by atoms with Gasteiger partial charge in [0.1, 0.15) is 17.2 Å². The number of ether oxygens (including phenoxy) is 1. The molecule has 7 heteroatoms. The van der Waals surface area contributed by atoms with E-state index in [1.54, 1.807) is 0 Å². The fourth-order valence-electron chi connectivity index (χ4n) is 5.29. The molecule has 7 nitrogen and oxygen atoms in total. The lowest BCUT2D eigenvalue weighted by molar-refractivity contribution is 0.0982. The number of aromatic nitrogens is 2. The molecule has 5 rings (SSSR count). The van der Waals surface area contributed by atoms with E-state index in [0.29, 0.717) is 17.5 Å². The zero-order chi connectivity index (χ0) is 25.4. The van der Waals surface area contributed by atoms with Crippen molar-refractivity contribution >= 4 is 11.6 Å². The van der Waals surface area contributed by atoms with Crippen molar-refractivity contribution in [2.24, 2.45) is 0 Å². The van der Waals surface area contributed by atoms with Gasteiger partial charge in [0.05, 0.1) is 0 Å². The van der Waals surface area contributed by atoms with Crippen molar-refractivity contribution in [2.45, 2.75) is 52.6 Å². The van der Waals surface area contributed by atoms with Crippen molar-refractivity contribution in [1.82, 2.24) is 15.3 Å². The molecule has 3 aromatic rings. The van der Waals surface area contributed by atoms with Gasteiger partial charge in [0.25, 0.3) is 5.56 Å². The molecule has 0 bridgehead atoms. The Bertz CT molecular complexity index is 1350. The molecule has 1 saturated heterocycles. The van der Waals surface area contributed by atoms with Crippen LogP contribution in [0.2, 0.25) is 0 Å². The lowest BCUT2D eigenvalue weighted by Crippen LogP contribution is -2.43. The number of fused-ring (bicyclic) bond motifs is 1. The Morgan fingerprint density at radius 1 is 1.14 bits per heavy atom. The molecule has 0 spiro atoms. The monoisotopic (exact) mass is 486 g/mol. The SMILES string of the molecule is Cc1cc(C)c(CCC(=O)c2cc3c(c(-c4ccc(N5CCNCC5)nc4)c2)OC(C)(C)C3)c(=O)[nH]1. The molecule has 0 aliphatic carbocycles. The van der Waals surface area contributed by atoms with Crippen LogP contribution in [0.4, 0.5) is 5.82 Å². The van der Waals surface area contributed by atoms with Crippen molar-refractivity contribution < 1.29 is 9.53 Å². The Hall–Kier alpha value is -3.45. The first-order chi connectivity index (χ1) is 17.2. The third-order valence-corrected chi connectivity index (χ3v) is 7.08. The molecule has 2 aromatic heterocycles. The first-order valence-electron chi connectivity index (χ1n) is 12.7. The molecule has 4 heterocycles. The van der Waals surface area contributed by atoms with Gasteiger partial charge in [-0.1, -0.05) is 0 Å². The maximum Gasteiger partial charge on any atom is 0.251 e. The molecule has 0 saturated carbocycles. The smallest absolute Gasteiger partial charge is 0.251 e. The first kappa shape index (κ1) is 24.3. The van der Waals surface area contributed by atoms with Crippen LogP contribution >= 0.6 is 0 Å². The fraction of sp³-hybridized carbons (Fsp3) is 0.414. The summed E-state index contributed by atoms with van der Waals surface area (Å²) >= 11 is 0. The van der Waals surface area contributed by atoms with Crippen LogP contribution in [0.25, 0.3) is 11.1 Å². The van der Waals surface area contributed by atoms with E-state index in [1.165, 1.54) is 0 Å². The summed E-state index contributed by atoms with van der Waals surface area (Å²) in [5.74, 6) is 1.82. The number of benzene rings is 1. The van der Waals surface area contributed by atoms with Crippen LogP contribution in [0.15, 0.2) is 41.3 Å². The molecule has 0 atom stereocenters. The molecule has 188 valence electrons. The minimum absolute atomic E-state index is 0.0218. The number of ketones is 1. The normalized spacial score (nSPS) is 16.5. The Morgan fingerprint density at radius 2 is 1.92 bits per heavy atom. The first-order valence-corrected chi connectivity index (χ1v) is 12.7. The van der Waals surface area contributed by atoms with Gasteiger partial charge in [0.15, 0.2) is 5.78 Å². The molecule has 0 amide bonds. The number of carbonyl (C=O) groups excluding carboxylic acids is 1. The number of pyridine rings is 2. The van der Waals surface area contributed by atoms with Crippen LogP contribution < -0.4 is 20.5 Å². The van der Waals surface area contributed by atoms with E-state index in [0.717, 1.165) is 72.1 Å². The summed E-state index contributed by atoms with van der Waals surface area (Å²) < 4.78 is 6.33. The minimum Gasteiger partial charge on any atom is -0.487 e. The van der Waals surface area contributed by atoms with Crippen molar-refractivity contribution in [3.63, 3.8) is 0 Å². The zero-order valence-electron chi connectivity index (χ0n) is 21.5. The van der Waals surface area contributed by atoms with Crippen LogP contribution in [0, 0.1) is 13.8 Å². The molecule has 0 radical (unpaired) electrons. The van der Waals surface area contributed by atoms with Crippen LogP contribution in [0.1, 0.15) is 53.0 Å². The number of aromatic amines is 1. The van der Waals surface area contributed by atoms with Crippen LogP contribution in [0.3, 0.4) is 0 Å². The molecule has 2 N–H and O–H groups in total. The molecule has 2 aliphatic rings. The van der Waals surface area contributed by atoms with Gasteiger partial charge in [0.2, 0.25) is 0 Å². The average molecular weight is 487 g/mol. The highest BCUT2D eigenvalue weighted by atomic mass is 16.5. The number of anilines is 1. The number of H-pyrrole nitrogens is 1. The van der Waals surface area contributed by atoms with E-state index in [9.17, 15) is 9.59 Å². The topological polar surface area (TPSA) is 87.3 Å². The highest BCUT2D eigenvalue weighted by molar-refractivity contribution is 5.98. The summed E-state index contributed by atoms with van der Waals surface area (Å²) in [5.41, 5.74) is 5.49. The largest absolute Gasteiger partial charge is 0.487 e. The lowest BCUT2D eigenvalue weighted by Gasteiger charge is -2.28. The number of nitrogens with one attached hydrogen (secondary N) is 2. The highest BCUT2D eigenvalue weighted by Gasteiger charge is 2.33. The predicted molar refractivity (Wildman–Crippen MR) is 142 cm³/mol. The molecule has 36 heavy (non-hydrogen) atoms. The van der Waals surface area contributed by atoms with Crippen LogP contribution in [-0.4, -0.2) is 47.5 Å². The Balaban J connectivity index is 1.44. The number of hydrogen-bond acceptors (Lipinski definition) is 6. The number of aryl methyl sites for hydroxylation is 2. The summed E-state index contributed by atoms with van der Waals surface area (Å²) in [6.45, 7) is 11.7. The Kier molecular flexibility index (Phi) is 6.43. The Labute approximate surface area is 211 Å². The number of piperazine rings is 1. The van der Waals surface area contributed by atoms with E-state index >= 15 is 0 Å². The number of nitrogens with zero attached hydrogens (tertiary/aromatic N) is 2. The summed E-state index contributed by atoms with van der Waals surface area (Å²) in [5, 5.41) is 3.37. The van der Waals surface area contributed by atoms with Crippen molar-refractivity contribution in [3.05, 3.63) is 74.8 Å². The van der Waals surface area contributed by atoms with Gasteiger partial charge in [-0.3, -0.25) is 9.59 Å². The van der Waals surface area contributed by atoms with Gasteiger partial charge < -0.3 is 19.9 Å². The maximum absolute atomic E-state index is 13.3. The average Bonchev–Trinajstić information content (AvgIpc) is 3.17. The molecule has 2 aliphatic heterocycles. The quantitative estimate of drug-likeness (QED) is 0.513.